The van der Waals surface area contributed by atoms with Crippen LogP contribution in [0, 0.1) is 11.8 Å². The van der Waals surface area contributed by atoms with E-state index in [2.05, 4.69) is 0 Å². The number of hydrogen-bond acceptors (Lipinski definition) is 2. The predicted molar refractivity (Wildman–Crippen MR) is 58.9 cm³/mol. The average Bonchev–Trinajstić information content (AvgIpc) is 2.76. The number of carboxylic acid groups (broad SMARTS) is 1. The zero-order valence-corrected chi connectivity index (χ0v) is 9.69. The van der Waals surface area contributed by atoms with Crippen LogP contribution in [0.1, 0.15) is 39.0 Å². The Morgan fingerprint density at radius 3 is 2.62 bits per heavy atom. The van der Waals surface area contributed by atoms with Gasteiger partial charge in [-0.05, 0) is 31.1 Å². The van der Waals surface area contributed by atoms with Gasteiger partial charge in [-0.3, -0.25) is 9.59 Å². The second-order valence-electron chi connectivity index (χ2n) is 5.29. The summed E-state index contributed by atoms with van der Waals surface area (Å²) in [6.07, 6.45) is 4.05. The third kappa shape index (κ3) is 2.36. The van der Waals surface area contributed by atoms with Crippen molar-refractivity contribution in [2.45, 2.75) is 45.1 Å². The Morgan fingerprint density at radius 1 is 1.38 bits per heavy atom. The SMILES string of the molecule is CC(CC(=O)O)CC(=O)N1CC2CCC1C2. The van der Waals surface area contributed by atoms with Crippen LogP contribution in [0.4, 0.5) is 0 Å². The van der Waals surface area contributed by atoms with E-state index in [9.17, 15) is 9.59 Å². The molecule has 1 amide bonds. The zero-order valence-electron chi connectivity index (χ0n) is 9.69. The lowest BCUT2D eigenvalue weighted by atomic mass is 10.0. The number of carbonyl (C=O) groups excluding carboxylic acids is 1. The van der Waals surface area contributed by atoms with Gasteiger partial charge in [-0.25, -0.2) is 0 Å². The van der Waals surface area contributed by atoms with Crippen molar-refractivity contribution in [2.75, 3.05) is 6.54 Å². The van der Waals surface area contributed by atoms with Crippen LogP contribution in [0.3, 0.4) is 0 Å². The molecule has 16 heavy (non-hydrogen) atoms. The number of likely N-dealkylation sites (tertiary alicyclic amines) is 1. The monoisotopic (exact) mass is 225 g/mol. The summed E-state index contributed by atoms with van der Waals surface area (Å²) in [5, 5.41) is 8.64. The summed E-state index contributed by atoms with van der Waals surface area (Å²) in [5.74, 6) is -0.00273. The van der Waals surface area contributed by atoms with Gasteiger partial charge in [-0.1, -0.05) is 6.92 Å². The predicted octanol–water partition coefficient (Wildman–Crippen LogP) is 1.50. The van der Waals surface area contributed by atoms with Crippen molar-refractivity contribution in [1.29, 1.82) is 0 Å². The molecule has 3 atom stereocenters. The summed E-state index contributed by atoms with van der Waals surface area (Å²) in [4.78, 5) is 24.5. The normalized spacial score (nSPS) is 29.4. The second kappa shape index (κ2) is 4.44. The maximum atomic E-state index is 12.0. The summed E-state index contributed by atoms with van der Waals surface area (Å²) in [6, 6.07) is 0.453. The fourth-order valence-electron chi connectivity index (χ4n) is 3.02. The first kappa shape index (κ1) is 11.4. The molecule has 3 unspecified atom stereocenters. The largest absolute Gasteiger partial charge is 0.481 e. The molecular formula is C12H19NO3. The fraction of sp³-hybridized carbons (Fsp3) is 0.833. The topological polar surface area (TPSA) is 57.6 Å². The molecular weight excluding hydrogens is 206 g/mol. The highest BCUT2D eigenvalue weighted by molar-refractivity contribution is 5.78. The lowest BCUT2D eigenvalue weighted by molar-refractivity contribution is -0.138. The number of carbonyl (C=O) groups is 2. The van der Waals surface area contributed by atoms with E-state index in [4.69, 9.17) is 5.11 Å². The molecule has 4 nitrogen and oxygen atoms in total. The first-order chi connectivity index (χ1) is 7.56. The number of rotatable bonds is 4. The summed E-state index contributed by atoms with van der Waals surface area (Å²) >= 11 is 0. The van der Waals surface area contributed by atoms with Gasteiger partial charge < -0.3 is 10.0 Å². The minimum atomic E-state index is -0.816. The van der Waals surface area contributed by atoms with Crippen LogP contribution in [0.15, 0.2) is 0 Å². The van der Waals surface area contributed by atoms with Crippen LogP contribution in [0.2, 0.25) is 0 Å². The van der Waals surface area contributed by atoms with Crippen molar-refractivity contribution in [3.63, 3.8) is 0 Å². The van der Waals surface area contributed by atoms with E-state index in [0.29, 0.717) is 18.4 Å². The minimum Gasteiger partial charge on any atom is -0.481 e. The highest BCUT2D eigenvalue weighted by Gasteiger charge is 2.40. The minimum absolute atomic E-state index is 0.0517. The van der Waals surface area contributed by atoms with E-state index in [1.165, 1.54) is 12.8 Å². The lowest BCUT2D eigenvalue weighted by Gasteiger charge is -2.28. The second-order valence-corrected chi connectivity index (χ2v) is 5.29. The standard InChI is InChI=1S/C12H19NO3/c1-8(5-12(15)16)4-11(14)13-7-9-2-3-10(13)6-9/h8-10H,2-7H2,1H3,(H,15,16). The molecule has 0 aromatic heterocycles. The van der Waals surface area contributed by atoms with Crippen molar-refractivity contribution in [3.05, 3.63) is 0 Å². The third-order valence-corrected chi connectivity index (χ3v) is 3.78. The molecule has 2 bridgehead atoms. The summed E-state index contributed by atoms with van der Waals surface area (Å²) < 4.78 is 0. The Balaban J connectivity index is 1.82. The number of amides is 1. The first-order valence-corrected chi connectivity index (χ1v) is 6.07. The first-order valence-electron chi connectivity index (χ1n) is 6.07. The quantitative estimate of drug-likeness (QED) is 0.788. The summed E-state index contributed by atoms with van der Waals surface area (Å²) in [5.41, 5.74) is 0. The van der Waals surface area contributed by atoms with E-state index in [1.807, 2.05) is 11.8 Å². The molecule has 0 spiro atoms. The van der Waals surface area contributed by atoms with Gasteiger partial charge in [0.05, 0.1) is 0 Å². The molecule has 2 aliphatic rings. The number of carboxylic acids is 1. The molecule has 1 aliphatic carbocycles. The van der Waals surface area contributed by atoms with Crippen molar-refractivity contribution < 1.29 is 14.7 Å². The van der Waals surface area contributed by atoms with Gasteiger partial charge in [0.15, 0.2) is 0 Å². The van der Waals surface area contributed by atoms with Gasteiger partial charge in [0.1, 0.15) is 0 Å². The Labute approximate surface area is 95.6 Å². The number of fused-ring (bicyclic) bond motifs is 2. The van der Waals surface area contributed by atoms with E-state index in [0.717, 1.165) is 13.0 Å². The number of piperidine rings is 1. The van der Waals surface area contributed by atoms with Crippen molar-refractivity contribution in [3.8, 4) is 0 Å². The van der Waals surface area contributed by atoms with Gasteiger partial charge >= 0.3 is 5.97 Å². The molecule has 1 aliphatic heterocycles. The van der Waals surface area contributed by atoms with E-state index >= 15 is 0 Å². The highest BCUT2D eigenvalue weighted by Crippen LogP contribution is 2.37. The summed E-state index contributed by atoms with van der Waals surface area (Å²) in [7, 11) is 0. The van der Waals surface area contributed by atoms with Crippen LogP contribution in [0.5, 0.6) is 0 Å². The Bertz CT molecular complexity index is 303. The van der Waals surface area contributed by atoms with Gasteiger partial charge in [0.25, 0.3) is 0 Å². The van der Waals surface area contributed by atoms with Crippen molar-refractivity contribution >= 4 is 11.9 Å². The van der Waals surface area contributed by atoms with E-state index < -0.39 is 5.97 Å². The Morgan fingerprint density at radius 2 is 2.12 bits per heavy atom. The van der Waals surface area contributed by atoms with Gasteiger partial charge in [0, 0.05) is 25.4 Å². The molecule has 2 fully saturated rings. The number of aliphatic carboxylic acids is 1. The lowest BCUT2D eigenvalue weighted by Crippen LogP contribution is -2.38. The molecule has 1 heterocycles. The summed E-state index contributed by atoms with van der Waals surface area (Å²) in [6.45, 7) is 2.74. The average molecular weight is 225 g/mol. The van der Waals surface area contributed by atoms with Crippen molar-refractivity contribution in [1.82, 2.24) is 4.90 Å². The van der Waals surface area contributed by atoms with Gasteiger partial charge in [-0.15, -0.1) is 0 Å². The van der Waals surface area contributed by atoms with Crippen LogP contribution in [0.25, 0.3) is 0 Å². The molecule has 4 heteroatoms. The van der Waals surface area contributed by atoms with Crippen LogP contribution in [-0.2, 0) is 9.59 Å². The third-order valence-electron chi connectivity index (χ3n) is 3.78. The van der Waals surface area contributed by atoms with Gasteiger partial charge in [0.2, 0.25) is 5.91 Å². The molecule has 2 rings (SSSR count). The molecule has 0 radical (unpaired) electrons. The molecule has 0 aromatic rings. The highest BCUT2D eigenvalue weighted by atomic mass is 16.4. The van der Waals surface area contributed by atoms with Crippen LogP contribution in [-0.4, -0.2) is 34.5 Å². The fourth-order valence-corrected chi connectivity index (χ4v) is 3.02. The molecule has 90 valence electrons. The number of nitrogens with zero attached hydrogens (tertiary/aromatic N) is 1. The molecule has 1 saturated carbocycles. The zero-order chi connectivity index (χ0) is 11.7. The molecule has 0 aromatic carbocycles. The van der Waals surface area contributed by atoms with E-state index in [1.54, 1.807) is 0 Å². The smallest absolute Gasteiger partial charge is 0.303 e. The van der Waals surface area contributed by atoms with E-state index in [-0.39, 0.29) is 18.2 Å². The van der Waals surface area contributed by atoms with Crippen molar-refractivity contribution in [2.24, 2.45) is 11.8 Å². The maximum absolute atomic E-state index is 12.0. The van der Waals surface area contributed by atoms with Gasteiger partial charge in [-0.2, -0.15) is 0 Å². The Hall–Kier alpha value is -1.06. The van der Waals surface area contributed by atoms with Crippen LogP contribution < -0.4 is 0 Å². The van der Waals surface area contributed by atoms with Crippen LogP contribution >= 0.6 is 0 Å². The molecule has 1 N–H and O–H groups in total. The Kier molecular flexibility index (Phi) is 3.17. The maximum Gasteiger partial charge on any atom is 0.303 e. The molecule has 1 saturated heterocycles. The number of hydrogen-bond donors (Lipinski definition) is 1.